The maximum atomic E-state index is 17.7. The SMILES string of the molecule is CC[Si](CC)(CC)OC1CCC2(C)C(CCC3(C)C2CC=C2C(I)[C@@](CCC(C)(C)C)(C(=O)O[C@@H]4OC(COCc5ccccc5)[C@H](N)C(OCc5ccccc5)C4O[C@@H]4OC(C)[C@H](O[C@@H]5OC[C@@H](OCc6ccccc6)C(OCc6ccccc6)C5OCc5ccccc5)C5OC(C)(C)OC54)C(O[Si](CC)(CC)CC)CC23C)C1(C)C=O. The number of carbonyl (C=O) groups excluding carboxylic acids is 2. The van der Waals surface area contributed by atoms with Crippen molar-refractivity contribution < 1.29 is 80.0 Å². The minimum atomic E-state index is -2.60. The van der Waals surface area contributed by atoms with Gasteiger partial charge in [-0.05, 0) is 170 Å². The molecular weight excluding hydrogens is 1630 g/mol. The van der Waals surface area contributed by atoms with Crippen molar-refractivity contribution >= 4 is 51.5 Å². The molecule has 17 unspecified atom stereocenters. The van der Waals surface area contributed by atoms with Crippen LogP contribution in [0.15, 0.2) is 163 Å². The number of allylic oxidation sites excluding steroid dienone is 2. The van der Waals surface area contributed by atoms with Gasteiger partial charge in [0.15, 0.2) is 41.1 Å². The lowest BCUT2D eigenvalue weighted by Gasteiger charge is -2.71. The molecule has 0 spiro atoms. The number of halogens is 1. The van der Waals surface area contributed by atoms with E-state index in [4.69, 9.17) is 76.2 Å². The molecule has 21 heteroatoms. The monoisotopic (exact) mass is 1770 g/mol. The van der Waals surface area contributed by atoms with Gasteiger partial charge in [-0.2, -0.15) is 0 Å². The summed E-state index contributed by atoms with van der Waals surface area (Å²) in [6, 6.07) is 55.0. The average Bonchev–Trinajstić information content (AvgIpc) is 0.788. The Morgan fingerprint density at radius 2 is 1.06 bits per heavy atom. The van der Waals surface area contributed by atoms with Gasteiger partial charge in [0.05, 0.1) is 79.9 Å². The van der Waals surface area contributed by atoms with Crippen LogP contribution in [0.5, 0.6) is 0 Å². The number of rotatable bonds is 35. The fourth-order valence-electron chi connectivity index (χ4n) is 21.9. The highest BCUT2D eigenvalue weighted by Crippen LogP contribution is 2.75. The molecule has 13 rings (SSSR count). The summed E-state index contributed by atoms with van der Waals surface area (Å²) in [4.78, 5) is 31.9. The Morgan fingerprint density at radius 1 is 0.568 bits per heavy atom. The zero-order valence-electron chi connectivity index (χ0n) is 73.3. The summed E-state index contributed by atoms with van der Waals surface area (Å²) in [5.74, 6) is -1.24. The molecule has 0 aromatic heterocycles. The van der Waals surface area contributed by atoms with Gasteiger partial charge in [0.1, 0.15) is 60.5 Å². The summed E-state index contributed by atoms with van der Waals surface area (Å²) in [6.07, 6.45) is -2.97. The van der Waals surface area contributed by atoms with E-state index < -0.39 is 141 Å². The molecule has 648 valence electrons. The first-order valence-electron chi connectivity index (χ1n) is 44.5. The molecular formula is C97H138INO17Si2. The highest BCUT2D eigenvalue weighted by Gasteiger charge is 2.73. The van der Waals surface area contributed by atoms with E-state index >= 15 is 4.79 Å². The third-order valence-corrected chi connectivity index (χ3v) is 40.7. The molecule has 2 N–H and O–H groups in total. The molecule has 0 radical (unpaired) electrons. The number of esters is 1. The smallest absolute Gasteiger partial charge is 0.318 e. The van der Waals surface area contributed by atoms with Crippen molar-refractivity contribution in [2.45, 2.75) is 339 Å². The van der Waals surface area contributed by atoms with E-state index in [9.17, 15) is 4.79 Å². The van der Waals surface area contributed by atoms with Gasteiger partial charge < -0.3 is 81.0 Å². The first kappa shape index (κ1) is 91.2. The molecule has 0 bridgehead atoms. The Bertz CT molecular complexity index is 4030. The lowest BCUT2D eigenvalue weighted by molar-refractivity contribution is -0.365. The van der Waals surface area contributed by atoms with Crippen LogP contribution >= 0.6 is 22.6 Å². The number of fused-ring (bicyclic) bond motifs is 6. The fourth-order valence-corrected chi connectivity index (χ4v) is 29.6. The number of hydrogen-bond acceptors (Lipinski definition) is 18. The third kappa shape index (κ3) is 19.0. The zero-order chi connectivity index (χ0) is 84.1. The van der Waals surface area contributed by atoms with Crippen molar-refractivity contribution in [3.05, 3.63) is 191 Å². The highest BCUT2D eigenvalue weighted by atomic mass is 127. The topological polar surface area (TPSA) is 199 Å². The lowest BCUT2D eigenvalue weighted by atomic mass is 9.35. The number of ether oxygens (including phenoxy) is 13. The van der Waals surface area contributed by atoms with Crippen LogP contribution in [0, 0.1) is 44.3 Å². The molecule has 8 aliphatic rings. The van der Waals surface area contributed by atoms with E-state index in [-0.39, 0.29) is 73.8 Å². The number of alkyl halides is 1. The quantitative estimate of drug-likeness (QED) is 0.0100. The molecule has 4 aliphatic heterocycles. The predicted molar refractivity (Wildman–Crippen MR) is 471 cm³/mol. The largest absolute Gasteiger partial charge is 0.432 e. The van der Waals surface area contributed by atoms with E-state index in [0.717, 1.165) is 96.2 Å². The minimum Gasteiger partial charge on any atom is -0.432 e. The van der Waals surface area contributed by atoms with Crippen LogP contribution < -0.4 is 5.73 Å². The maximum Gasteiger partial charge on any atom is 0.318 e. The van der Waals surface area contributed by atoms with Crippen molar-refractivity contribution in [1.82, 2.24) is 0 Å². The van der Waals surface area contributed by atoms with Crippen LogP contribution in [-0.4, -0.2) is 150 Å². The van der Waals surface area contributed by atoms with E-state index in [1.54, 1.807) is 0 Å². The van der Waals surface area contributed by atoms with Gasteiger partial charge in [0, 0.05) is 0 Å². The molecule has 5 aromatic carbocycles. The Morgan fingerprint density at radius 3 is 1.58 bits per heavy atom. The number of aldehydes is 1. The van der Waals surface area contributed by atoms with E-state index in [1.165, 1.54) is 11.9 Å². The number of hydrogen-bond donors (Lipinski definition) is 1. The summed E-state index contributed by atoms with van der Waals surface area (Å²) >= 11 is 2.68. The standard InChI is InChI=1S/C97H138INO17Si2/c1-17-117(18-2,19-3)115-76-51-52-93(13)74(94(76,14)64-100)50-53-95(15)75(93)49-48-71-86(98)97(55-54-91(8,9)10,77(56-96(71,95)16)116-118(20-4,21-5)22-6)90(101)112-88-84(81(105-60-69-44-34-26-35-45-69)78(99)72(109-88)62-102-57-66-38-28-23-29-39-66)111-89-85-82(113-92(11,12)114-85)79(65(7)108-89)110-87-83(106-61-70-46-36-27-37-47-70)80(104-59-68-42-32-25-33-43-68)73(63-107-87)103-58-67-40-30-24-31-41-67/h23-48,64-65,72-89H,17-22,49-63,99H2,1-16H3/t65?,72?,73-,74?,75?,76?,77?,78+,79+,80?,81?,82?,83?,84?,85?,86?,87+,88+,89+,93?,94?,95?,96?,97+/m1/s1. The van der Waals surface area contributed by atoms with Crippen LogP contribution in [-0.2, 0) is 113 Å². The second kappa shape index (κ2) is 38.6. The van der Waals surface area contributed by atoms with E-state index in [1.807, 2.05) is 172 Å². The Labute approximate surface area is 720 Å². The first-order valence-corrected chi connectivity index (χ1v) is 50.8. The van der Waals surface area contributed by atoms with Gasteiger partial charge in [-0.15, -0.1) is 0 Å². The van der Waals surface area contributed by atoms with Gasteiger partial charge in [0.25, 0.3) is 0 Å². The molecule has 4 aliphatic carbocycles. The van der Waals surface area contributed by atoms with Crippen molar-refractivity contribution in [3.63, 3.8) is 0 Å². The third-order valence-electron chi connectivity index (χ3n) is 29.7. The van der Waals surface area contributed by atoms with Crippen LogP contribution in [0.3, 0.4) is 0 Å². The van der Waals surface area contributed by atoms with Gasteiger partial charge in [-0.3, -0.25) is 4.79 Å². The maximum absolute atomic E-state index is 17.7. The van der Waals surface area contributed by atoms with Gasteiger partial charge in [0.2, 0.25) is 6.29 Å². The Kier molecular flexibility index (Phi) is 29.8. The Balaban J connectivity index is 0.874. The van der Waals surface area contributed by atoms with Crippen LogP contribution in [0.4, 0.5) is 0 Å². The molecule has 0 amide bonds. The molecule has 5 aromatic rings. The fraction of sp³-hybridized carbons (Fsp3) is 0.649. The zero-order valence-corrected chi connectivity index (χ0v) is 77.5. The van der Waals surface area contributed by atoms with Crippen molar-refractivity contribution in [2.24, 2.45) is 50.1 Å². The number of nitrogens with two attached hydrogens (primary N) is 1. The summed E-state index contributed by atoms with van der Waals surface area (Å²) in [5, 5.41) is 0. The number of carbonyl (C=O) groups is 2. The van der Waals surface area contributed by atoms with Crippen LogP contribution in [0.1, 0.15) is 190 Å². The average molecular weight is 1770 g/mol. The van der Waals surface area contributed by atoms with Crippen molar-refractivity contribution in [1.29, 1.82) is 0 Å². The molecule has 7 fully saturated rings. The Hall–Kier alpha value is -4.46. The highest BCUT2D eigenvalue weighted by molar-refractivity contribution is 14.1. The summed E-state index contributed by atoms with van der Waals surface area (Å²) in [6.45, 7) is 37.4. The first-order chi connectivity index (χ1) is 56.5. The molecule has 4 heterocycles. The molecule has 4 saturated heterocycles. The lowest BCUT2D eigenvalue weighted by Crippen LogP contribution is -2.70. The van der Waals surface area contributed by atoms with Gasteiger partial charge in [-0.25, -0.2) is 0 Å². The van der Waals surface area contributed by atoms with Crippen LogP contribution in [0.2, 0.25) is 36.3 Å². The van der Waals surface area contributed by atoms with E-state index in [2.05, 4.69) is 119 Å². The molecule has 3 saturated carbocycles. The second-order valence-electron chi connectivity index (χ2n) is 38.0. The number of benzene rings is 5. The van der Waals surface area contributed by atoms with Gasteiger partial charge in [-0.1, -0.05) is 276 Å². The molecule has 24 atom stereocenters. The molecule has 118 heavy (non-hydrogen) atoms. The van der Waals surface area contributed by atoms with Crippen LogP contribution in [0.25, 0.3) is 0 Å². The normalized spacial score (nSPS) is 36.0. The summed E-state index contributed by atoms with van der Waals surface area (Å²) < 4.78 is 108. The summed E-state index contributed by atoms with van der Waals surface area (Å²) in [7, 11) is -4.67. The van der Waals surface area contributed by atoms with E-state index in [0.29, 0.717) is 25.9 Å². The predicted octanol–water partition coefficient (Wildman–Crippen LogP) is 19.7. The molecule has 18 nitrogen and oxygen atoms in total. The minimum absolute atomic E-state index is 0.0296. The summed E-state index contributed by atoms with van der Waals surface area (Å²) in [5.41, 5.74) is 10.8. The van der Waals surface area contributed by atoms with Crippen molar-refractivity contribution in [2.75, 3.05) is 13.2 Å². The van der Waals surface area contributed by atoms with Gasteiger partial charge >= 0.3 is 5.97 Å². The van der Waals surface area contributed by atoms with Crippen molar-refractivity contribution in [3.8, 4) is 0 Å². The second-order valence-corrected chi connectivity index (χ2v) is 48.7.